The number of aliphatic carboxylic acids is 1. The third kappa shape index (κ3) is 18.6. The summed E-state index contributed by atoms with van der Waals surface area (Å²) >= 11 is 0. The van der Waals surface area contributed by atoms with Gasteiger partial charge in [0.2, 0.25) is 0 Å². The van der Waals surface area contributed by atoms with E-state index >= 15 is 0 Å². The molecule has 0 radical (unpaired) electrons. The molecule has 0 amide bonds. The normalized spacial score (nSPS) is 45.5. The van der Waals surface area contributed by atoms with Gasteiger partial charge in [0.1, 0.15) is 18.1 Å². The van der Waals surface area contributed by atoms with Gasteiger partial charge in [0.25, 0.3) is 0 Å². The third-order valence-corrected chi connectivity index (χ3v) is 12.0. The fourth-order valence-electron chi connectivity index (χ4n) is 7.97. The number of cyclic esters (lactones) is 1. The molecule has 0 aromatic heterocycles. The van der Waals surface area contributed by atoms with Crippen molar-refractivity contribution in [3.8, 4) is 0 Å². The zero-order valence-electron chi connectivity index (χ0n) is 37.6. The molecule has 2 saturated heterocycles. The van der Waals surface area contributed by atoms with E-state index in [-0.39, 0.29) is 31.6 Å². The lowest BCUT2D eigenvalue weighted by Crippen LogP contribution is -2.61. The van der Waals surface area contributed by atoms with Crippen molar-refractivity contribution >= 4 is 11.9 Å². The lowest BCUT2D eigenvalue weighted by atomic mass is 9.82. The molecule has 3 aliphatic rings. The molecule has 19 atom stereocenters. The van der Waals surface area contributed by atoms with E-state index in [1.54, 1.807) is 80.7 Å². The van der Waals surface area contributed by atoms with E-state index in [9.17, 15) is 65.8 Å². The lowest BCUT2D eigenvalue weighted by Gasteiger charge is -2.45. The van der Waals surface area contributed by atoms with Crippen LogP contribution in [0.2, 0.25) is 0 Å². The summed E-state index contributed by atoms with van der Waals surface area (Å²) in [5.74, 6) is -6.83. The van der Waals surface area contributed by atoms with E-state index in [1.165, 1.54) is 13.0 Å². The van der Waals surface area contributed by atoms with E-state index in [0.717, 1.165) is 0 Å². The highest BCUT2D eigenvalue weighted by Gasteiger charge is 2.51. The summed E-state index contributed by atoms with van der Waals surface area (Å²) in [6, 6.07) is -1.15. The van der Waals surface area contributed by atoms with Gasteiger partial charge in [0.05, 0.1) is 79.6 Å². The van der Waals surface area contributed by atoms with Gasteiger partial charge in [0, 0.05) is 37.5 Å². The van der Waals surface area contributed by atoms with Crippen molar-refractivity contribution in [1.82, 2.24) is 0 Å². The van der Waals surface area contributed by atoms with Crippen molar-refractivity contribution in [2.24, 2.45) is 23.5 Å². The number of nitrogens with two attached hydrogens (primary N) is 1. The van der Waals surface area contributed by atoms with Crippen LogP contribution >= 0.6 is 0 Å². The molecule has 3 rings (SSSR count). The minimum atomic E-state index is -2.33. The van der Waals surface area contributed by atoms with Crippen molar-refractivity contribution < 1.29 is 84.7 Å². The van der Waals surface area contributed by atoms with Crippen LogP contribution < -0.4 is 5.73 Å². The van der Waals surface area contributed by atoms with Gasteiger partial charge < -0.3 is 80.9 Å². The van der Waals surface area contributed by atoms with Crippen LogP contribution in [0.25, 0.3) is 0 Å². The van der Waals surface area contributed by atoms with Gasteiger partial charge in [-0.25, -0.2) is 0 Å². The Morgan fingerprint density at radius 3 is 1.82 bits per heavy atom. The number of aliphatic hydroxyl groups excluding tert-OH is 9. The average Bonchev–Trinajstić information content (AvgIpc) is 3.21. The largest absolute Gasteiger partial charge is 0.481 e. The fraction of sp³-hybridized carbons (Fsp3) is 0.660. The Kier molecular flexibility index (Phi) is 23.6. The standard InChI is InChI=1S/C47H73NO17/c1-27-17-15-13-11-9-7-5-6-8-10-12-14-16-18-34(64-46-44(58)41(48)43(57)30(4)63-46)24-38-40(45(59)60)37(54)26-47(61,65-38)25-33(51)22-36(53)35(52)20-19-31(49)21-32(50)23-39(55)62-29(3)28(2)42(27)56/h5-18,27-38,40-44,46,49-54,56-58,61H,19-26,48H2,1-4H3,(H,59,60)/b6-5+,9-7+,10-8+,13-11+,14-12+,17-15+,18-16+/t27-,28-,29-,30+,31?,32?,33?,34-,35+,36?,37?,38?,40+,41-,42+,43+,44+,46-,47+/m0/s1. The molecule has 368 valence electrons. The van der Waals surface area contributed by atoms with Gasteiger partial charge in [-0.05, 0) is 33.1 Å². The number of allylic oxidation sites excluding steroid dienone is 12. The maximum Gasteiger partial charge on any atom is 0.311 e. The van der Waals surface area contributed by atoms with Crippen LogP contribution in [0.4, 0.5) is 0 Å². The first kappa shape index (κ1) is 55.9. The Labute approximate surface area is 381 Å². The highest BCUT2D eigenvalue weighted by Crippen LogP contribution is 2.38. The number of carbonyl (C=O) groups is 2. The van der Waals surface area contributed by atoms with Crippen LogP contribution in [-0.2, 0) is 28.5 Å². The molecule has 18 heteroatoms. The van der Waals surface area contributed by atoms with Crippen LogP contribution in [0.1, 0.15) is 79.1 Å². The van der Waals surface area contributed by atoms with E-state index in [2.05, 4.69) is 0 Å². The topological polar surface area (TPSA) is 320 Å². The Balaban J connectivity index is 1.86. The highest BCUT2D eigenvalue weighted by atomic mass is 16.7. The van der Waals surface area contributed by atoms with E-state index in [1.807, 2.05) is 19.1 Å². The Bertz CT molecular complexity index is 1670. The Hall–Kier alpha value is -3.44. The summed E-state index contributed by atoms with van der Waals surface area (Å²) in [6.45, 7) is 6.74. The molecule has 0 saturated carbocycles. The predicted octanol–water partition coefficient (Wildman–Crippen LogP) is 0.712. The number of fused-ring (bicyclic) bond motifs is 2. The molecule has 0 spiro atoms. The SMILES string of the molecule is C[C@@H]1[C@H](O)[C@@H](C)/C=C/C=C/C=C/C=C/C=C/C=C/C=C/[C@H](O[C@@H]2O[C@H](C)[C@@H](O)[C@H](N)[C@H]2O)CC2O[C@](O)(CC(O)CC(O)[C@H](O)CCC(O)CC(O)CC(=O)O[C@H]1C)CC(O)[C@H]2C(=O)O. The average molecular weight is 924 g/mol. The molecule has 0 aromatic rings. The zero-order valence-corrected chi connectivity index (χ0v) is 37.6. The van der Waals surface area contributed by atoms with Gasteiger partial charge in [-0.15, -0.1) is 0 Å². The third-order valence-electron chi connectivity index (χ3n) is 12.0. The van der Waals surface area contributed by atoms with Crippen LogP contribution in [-0.4, -0.2) is 166 Å². The molecule has 2 fully saturated rings. The molecular formula is C47H73NO17. The van der Waals surface area contributed by atoms with Gasteiger partial charge in [-0.2, -0.15) is 0 Å². The van der Waals surface area contributed by atoms with Crippen molar-refractivity contribution in [3.05, 3.63) is 85.1 Å². The first-order chi connectivity index (χ1) is 30.6. The second kappa shape index (κ2) is 27.4. The van der Waals surface area contributed by atoms with Crippen LogP contribution in [0.5, 0.6) is 0 Å². The van der Waals surface area contributed by atoms with Crippen molar-refractivity contribution in [1.29, 1.82) is 0 Å². The smallest absolute Gasteiger partial charge is 0.311 e. The number of ether oxygens (including phenoxy) is 4. The fourth-order valence-corrected chi connectivity index (χ4v) is 7.97. The molecule has 2 bridgehead atoms. The summed E-state index contributed by atoms with van der Waals surface area (Å²) in [6.07, 6.45) is 3.46. The number of hydrogen-bond donors (Lipinski definition) is 12. The van der Waals surface area contributed by atoms with Gasteiger partial charge in [0.15, 0.2) is 12.1 Å². The van der Waals surface area contributed by atoms with Crippen LogP contribution in [0.15, 0.2) is 85.1 Å². The minimum absolute atomic E-state index is 0.107. The molecule has 18 nitrogen and oxygen atoms in total. The number of carboxylic acid groups (broad SMARTS) is 1. The first-order valence-electron chi connectivity index (χ1n) is 22.3. The van der Waals surface area contributed by atoms with Crippen LogP contribution in [0.3, 0.4) is 0 Å². The summed E-state index contributed by atoms with van der Waals surface area (Å²) in [5.41, 5.74) is 6.02. The number of carboxylic acids is 1. The monoisotopic (exact) mass is 923 g/mol. The maximum absolute atomic E-state index is 12.6. The lowest BCUT2D eigenvalue weighted by molar-refractivity contribution is -0.308. The summed E-state index contributed by atoms with van der Waals surface area (Å²) in [4.78, 5) is 25.1. The molecule has 0 aromatic carbocycles. The van der Waals surface area contributed by atoms with Crippen molar-refractivity contribution in [2.75, 3.05) is 0 Å². The van der Waals surface area contributed by atoms with E-state index < -0.39 is 147 Å². The first-order valence-corrected chi connectivity index (χ1v) is 22.3. The zero-order chi connectivity index (χ0) is 48.4. The van der Waals surface area contributed by atoms with Crippen molar-refractivity contribution in [3.63, 3.8) is 0 Å². The summed E-state index contributed by atoms with van der Waals surface area (Å²) < 4.78 is 23.1. The Morgan fingerprint density at radius 2 is 1.23 bits per heavy atom. The molecule has 13 N–H and O–H groups in total. The second-order valence-electron chi connectivity index (χ2n) is 17.6. The number of rotatable bonds is 3. The maximum atomic E-state index is 12.6. The summed E-state index contributed by atoms with van der Waals surface area (Å²) in [7, 11) is 0. The minimum Gasteiger partial charge on any atom is -0.481 e. The Morgan fingerprint density at radius 1 is 0.662 bits per heavy atom. The molecule has 3 aliphatic heterocycles. The molecule has 65 heavy (non-hydrogen) atoms. The number of aliphatic hydroxyl groups is 10. The van der Waals surface area contributed by atoms with Crippen LogP contribution in [0, 0.1) is 17.8 Å². The van der Waals surface area contributed by atoms with E-state index in [0.29, 0.717) is 0 Å². The van der Waals surface area contributed by atoms with E-state index in [4.69, 9.17) is 24.7 Å². The quantitative estimate of drug-likeness (QED) is 0.174. The number of hydrogen-bond acceptors (Lipinski definition) is 17. The number of esters is 1. The molecule has 3 heterocycles. The predicted molar refractivity (Wildman–Crippen MR) is 237 cm³/mol. The molecule has 0 aliphatic carbocycles. The molecular weight excluding hydrogens is 851 g/mol. The second-order valence-corrected chi connectivity index (χ2v) is 17.6. The van der Waals surface area contributed by atoms with Gasteiger partial charge >= 0.3 is 11.9 Å². The van der Waals surface area contributed by atoms with Crippen molar-refractivity contribution in [2.45, 2.75) is 177 Å². The van der Waals surface area contributed by atoms with Gasteiger partial charge in [-0.1, -0.05) is 98.9 Å². The number of carbonyl (C=O) groups excluding carboxylic acids is 1. The summed E-state index contributed by atoms with van der Waals surface area (Å²) in [5, 5.41) is 118. The highest BCUT2D eigenvalue weighted by molar-refractivity contribution is 5.71. The molecule has 6 unspecified atom stereocenters. The van der Waals surface area contributed by atoms with Gasteiger partial charge in [-0.3, -0.25) is 9.59 Å².